The maximum absolute atomic E-state index is 5.11. The predicted octanol–water partition coefficient (Wildman–Crippen LogP) is 14.1. The summed E-state index contributed by atoms with van der Waals surface area (Å²) in [4.78, 5) is 22.1. The second-order valence-corrected chi connectivity index (χ2v) is 16.5. The zero-order valence-corrected chi connectivity index (χ0v) is 32.3. The molecule has 0 spiro atoms. The molecule has 0 radical (unpaired) electrons. The number of hydrogen-bond donors (Lipinski definition) is 0. The first-order valence-corrected chi connectivity index (χ1v) is 20.9. The Morgan fingerprint density at radius 2 is 0.588 bits per heavy atom. The molecule has 258 valence electrons. The van der Waals surface area contributed by atoms with Crippen LogP contribution >= 0.6 is 34.0 Å². The Hall–Kier alpha value is -4.23. The third kappa shape index (κ3) is 8.64. The summed E-state index contributed by atoms with van der Waals surface area (Å²) in [5, 5.41) is 0. The summed E-state index contributed by atoms with van der Waals surface area (Å²) >= 11 is 5.23. The lowest BCUT2D eigenvalue weighted by atomic mass is 10.1. The van der Waals surface area contributed by atoms with Gasteiger partial charge >= 0.3 is 0 Å². The summed E-state index contributed by atoms with van der Waals surface area (Å²) in [6.45, 7) is 6.73. The number of hydrogen-bond acceptors (Lipinski definition) is 6. The van der Waals surface area contributed by atoms with E-state index in [0.29, 0.717) is 0 Å². The summed E-state index contributed by atoms with van der Waals surface area (Å²) in [5.41, 5.74) is 7.88. The lowest BCUT2D eigenvalue weighted by Crippen LogP contribution is -1.97. The minimum absolute atomic E-state index is 0.719. The second-order valence-electron chi connectivity index (χ2n) is 13.2. The Morgan fingerprint density at radius 3 is 0.843 bits per heavy atom. The summed E-state index contributed by atoms with van der Waals surface area (Å²) in [7, 11) is 0. The van der Waals surface area contributed by atoms with Crippen molar-refractivity contribution < 1.29 is 0 Å². The first-order chi connectivity index (χ1) is 25.1. The molecule has 4 aromatic heterocycles. The highest BCUT2D eigenvalue weighted by atomic mass is 32.1. The van der Waals surface area contributed by atoms with Crippen LogP contribution in [0.2, 0.25) is 0 Å². The first-order valence-electron chi connectivity index (χ1n) is 18.4. The SMILES string of the molecule is CCCCc1ccc(-c2ccc(-c3nc(-c4ccc(-c5ccc(CCCC)cc5)s4)nc(-c4ccc(-c5ccc(CCCC)cc5)s4)n3)s2)cc1. The van der Waals surface area contributed by atoms with Crippen LogP contribution in [0.5, 0.6) is 0 Å². The molecule has 0 saturated heterocycles. The summed E-state index contributed by atoms with van der Waals surface area (Å²) in [6.07, 6.45) is 10.7. The molecule has 3 nitrogen and oxygen atoms in total. The van der Waals surface area contributed by atoms with Crippen molar-refractivity contribution in [2.75, 3.05) is 0 Å². The zero-order valence-electron chi connectivity index (χ0n) is 29.8. The lowest BCUT2D eigenvalue weighted by Gasteiger charge is -2.05. The molecular weight excluding hydrogens is 679 g/mol. The molecule has 0 aliphatic heterocycles. The maximum Gasteiger partial charge on any atom is 0.174 e. The van der Waals surface area contributed by atoms with E-state index in [1.54, 1.807) is 34.0 Å². The van der Waals surface area contributed by atoms with Crippen molar-refractivity contribution >= 4 is 34.0 Å². The van der Waals surface area contributed by atoms with Crippen molar-refractivity contribution in [2.24, 2.45) is 0 Å². The average molecular weight is 724 g/mol. The average Bonchev–Trinajstić information content (AvgIpc) is 3.98. The highest BCUT2D eigenvalue weighted by molar-refractivity contribution is 7.19. The van der Waals surface area contributed by atoms with E-state index < -0.39 is 0 Å². The van der Waals surface area contributed by atoms with Gasteiger partial charge in [0, 0.05) is 14.6 Å². The Kier molecular flexibility index (Phi) is 11.6. The molecule has 6 heteroatoms. The van der Waals surface area contributed by atoms with Gasteiger partial charge in [-0.15, -0.1) is 34.0 Å². The third-order valence-corrected chi connectivity index (χ3v) is 12.7. The smallest absolute Gasteiger partial charge is 0.174 e. The number of nitrogens with zero attached hydrogens (tertiary/aromatic N) is 3. The molecule has 7 rings (SSSR count). The molecule has 0 bridgehead atoms. The van der Waals surface area contributed by atoms with E-state index in [2.05, 4.69) is 130 Å². The van der Waals surface area contributed by atoms with Gasteiger partial charge in [-0.1, -0.05) is 113 Å². The molecule has 0 amide bonds. The highest BCUT2D eigenvalue weighted by Gasteiger charge is 2.17. The Labute approximate surface area is 315 Å². The van der Waals surface area contributed by atoms with Crippen molar-refractivity contribution in [1.82, 2.24) is 15.0 Å². The molecular formula is C45H45N3S3. The fraction of sp³-hybridized carbons (Fsp3) is 0.267. The molecule has 0 atom stereocenters. The molecule has 0 aliphatic rings. The largest absolute Gasteiger partial charge is 0.206 e. The highest BCUT2D eigenvalue weighted by Crippen LogP contribution is 2.39. The van der Waals surface area contributed by atoms with Gasteiger partial charge in [0.1, 0.15) is 0 Å². The second kappa shape index (κ2) is 16.9. The van der Waals surface area contributed by atoms with E-state index in [1.807, 2.05) is 0 Å². The van der Waals surface area contributed by atoms with Crippen LogP contribution in [0.15, 0.2) is 109 Å². The topological polar surface area (TPSA) is 38.7 Å². The summed E-state index contributed by atoms with van der Waals surface area (Å²) < 4.78 is 0. The van der Waals surface area contributed by atoms with Crippen LogP contribution < -0.4 is 0 Å². The van der Waals surface area contributed by atoms with Gasteiger partial charge in [-0.25, -0.2) is 15.0 Å². The molecule has 0 unspecified atom stereocenters. The van der Waals surface area contributed by atoms with E-state index in [-0.39, 0.29) is 0 Å². The van der Waals surface area contributed by atoms with Gasteiger partial charge in [0.25, 0.3) is 0 Å². The fourth-order valence-electron chi connectivity index (χ4n) is 6.20. The zero-order chi connectivity index (χ0) is 35.0. The quantitative estimate of drug-likeness (QED) is 0.106. The molecule has 0 saturated carbocycles. The van der Waals surface area contributed by atoms with Crippen LogP contribution in [-0.2, 0) is 19.3 Å². The Bertz CT molecular complexity index is 1890. The number of unbranched alkanes of at least 4 members (excludes halogenated alkanes) is 3. The lowest BCUT2D eigenvalue weighted by molar-refractivity contribution is 0.795. The van der Waals surface area contributed by atoms with E-state index >= 15 is 0 Å². The number of rotatable bonds is 15. The van der Waals surface area contributed by atoms with E-state index in [0.717, 1.165) is 51.4 Å². The van der Waals surface area contributed by atoms with Crippen LogP contribution in [0.4, 0.5) is 0 Å². The Balaban J connectivity index is 1.22. The van der Waals surface area contributed by atoms with Gasteiger partial charge in [-0.05, 0) is 108 Å². The van der Waals surface area contributed by atoms with E-state index in [9.17, 15) is 0 Å². The van der Waals surface area contributed by atoms with Gasteiger partial charge in [0.15, 0.2) is 17.5 Å². The number of aromatic nitrogens is 3. The maximum atomic E-state index is 5.11. The summed E-state index contributed by atoms with van der Waals surface area (Å²) in [5.74, 6) is 2.16. The first kappa shape index (κ1) is 35.2. The molecule has 3 aromatic carbocycles. The van der Waals surface area contributed by atoms with Crippen molar-refractivity contribution in [2.45, 2.75) is 78.6 Å². The molecule has 0 fully saturated rings. The molecule has 0 N–H and O–H groups in total. The van der Waals surface area contributed by atoms with E-state index in [4.69, 9.17) is 15.0 Å². The summed E-state index contributed by atoms with van der Waals surface area (Å²) in [6, 6.07) is 40.2. The van der Waals surface area contributed by atoms with Crippen LogP contribution in [0, 0.1) is 0 Å². The Morgan fingerprint density at radius 1 is 0.333 bits per heavy atom. The van der Waals surface area contributed by atoms with Gasteiger partial charge in [-0.2, -0.15) is 0 Å². The van der Waals surface area contributed by atoms with Crippen molar-refractivity contribution in [3.63, 3.8) is 0 Å². The standard InChI is InChI=1S/C45H45N3S3/c1-4-7-10-31-13-19-34(20-14-31)37-25-28-40(49-37)43-46-44(41-29-26-38(50-41)35-21-15-32(16-22-35)11-8-5-2)48-45(47-43)42-30-27-39(51-42)36-23-17-33(18-24-36)12-9-6-3/h13-30H,4-12H2,1-3H3. The van der Waals surface area contributed by atoms with Crippen LogP contribution in [0.1, 0.15) is 76.0 Å². The molecule has 51 heavy (non-hydrogen) atoms. The van der Waals surface area contributed by atoms with Crippen molar-refractivity contribution in [3.8, 4) is 63.4 Å². The van der Waals surface area contributed by atoms with E-state index in [1.165, 1.54) is 86.5 Å². The third-order valence-electron chi connectivity index (χ3n) is 9.29. The number of benzene rings is 3. The molecule has 4 heterocycles. The van der Waals surface area contributed by atoms with Gasteiger partial charge in [0.05, 0.1) is 14.6 Å². The minimum Gasteiger partial charge on any atom is -0.206 e. The fourth-order valence-corrected chi connectivity index (χ4v) is 9.03. The number of thiophene rings is 3. The van der Waals surface area contributed by atoms with Gasteiger partial charge in [-0.3, -0.25) is 0 Å². The van der Waals surface area contributed by atoms with Crippen LogP contribution in [0.3, 0.4) is 0 Å². The minimum atomic E-state index is 0.719. The van der Waals surface area contributed by atoms with Crippen LogP contribution in [-0.4, -0.2) is 15.0 Å². The van der Waals surface area contributed by atoms with Crippen molar-refractivity contribution in [1.29, 1.82) is 0 Å². The number of aryl methyl sites for hydroxylation is 3. The van der Waals surface area contributed by atoms with Crippen molar-refractivity contribution in [3.05, 3.63) is 126 Å². The normalized spacial score (nSPS) is 11.4. The van der Waals surface area contributed by atoms with Crippen LogP contribution in [0.25, 0.3) is 63.4 Å². The predicted molar refractivity (Wildman–Crippen MR) is 222 cm³/mol. The molecule has 0 aliphatic carbocycles. The van der Waals surface area contributed by atoms with Gasteiger partial charge in [0.2, 0.25) is 0 Å². The van der Waals surface area contributed by atoms with Gasteiger partial charge < -0.3 is 0 Å². The molecule has 7 aromatic rings. The monoisotopic (exact) mass is 723 g/mol.